The summed E-state index contributed by atoms with van der Waals surface area (Å²) < 4.78 is 0. The Morgan fingerprint density at radius 1 is 1.15 bits per heavy atom. The Bertz CT molecular complexity index is 396. The monoisotopic (exact) mass is 294 g/mol. The van der Waals surface area contributed by atoms with E-state index in [2.05, 4.69) is 30.9 Å². The lowest BCUT2D eigenvalue weighted by atomic mass is 9.88. The van der Waals surface area contributed by atoms with Gasteiger partial charge in [-0.1, -0.05) is 37.6 Å². The van der Waals surface area contributed by atoms with Crippen LogP contribution in [0, 0.1) is 0 Å². The minimum Gasteiger partial charge on any atom is -0.328 e. The fourth-order valence-electron chi connectivity index (χ4n) is 3.51. The summed E-state index contributed by atoms with van der Waals surface area (Å²) in [6.07, 6.45) is 5.94. The van der Waals surface area contributed by atoms with Crippen LogP contribution in [0.1, 0.15) is 57.6 Å². The molecule has 1 atom stereocenters. The third-order valence-electron chi connectivity index (χ3n) is 4.62. The topological polar surface area (TPSA) is 29.3 Å². The predicted molar refractivity (Wildman–Crippen MR) is 87.1 cm³/mol. The van der Waals surface area contributed by atoms with Gasteiger partial charge < -0.3 is 5.73 Å². The third-order valence-corrected chi connectivity index (χ3v) is 4.87. The summed E-state index contributed by atoms with van der Waals surface area (Å²) in [5.41, 5.74) is 7.42. The summed E-state index contributed by atoms with van der Waals surface area (Å²) in [6, 6.07) is 9.95. The second kappa shape index (κ2) is 7.44. The summed E-state index contributed by atoms with van der Waals surface area (Å²) in [5, 5.41) is 0.815. The smallest absolute Gasteiger partial charge is 0.0406 e. The average Bonchev–Trinajstić information content (AvgIpc) is 2.47. The molecule has 0 amide bonds. The molecule has 2 rings (SSSR count). The fraction of sp³-hybridized carbons (Fsp3) is 0.647. The zero-order chi connectivity index (χ0) is 14.5. The van der Waals surface area contributed by atoms with Crippen molar-refractivity contribution in [3.63, 3.8) is 0 Å². The lowest BCUT2D eigenvalue weighted by Gasteiger charge is -2.40. The molecule has 112 valence electrons. The van der Waals surface area contributed by atoms with E-state index in [1.165, 1.54) is 18.4 Å². The molecule has 0 aromatic heterocycles. The van der Waals surface area contributed by atoms with Crippen molar-refractivity contribution in [2.75, 3.05) is 6.54 Å². The van der Waals surface area contributed by atoms with E-state index in [0.717, 1.165) is 30.8 Å². The fourth-order valence-corrected chi connectivity index (χ4v) is 3.64. The molecule has 0 heterocycles. The number of rotatable bonds is 5. The van der Waals surface area contributed by atoms with Crippen molar-refractivity contribution in [2.45, 2.75) is 64.1 Å². The van der Waals surface area contributed by atoms with Crippen molar-refractivity contribution in [2.24, 2.45) is 5.73 Å². The predicted octanol–water partition coefficient (Wildman–Crippen LogP) is 4.38. The van der Waals surface area contributed by atoms with Crippen LogP contribution in [0.3, 0.4) is 0 Å². The Hall–Kier alpha value is -0.570. The molecule has 0 saturated heterocycles. The highest BCUT2D eigenvalue weighted by atomic mass is 35.5. The molecule has 0 bridgehead atoms. The molecule has 1 aliphatic rings. The minimum absolute atomic E-state index is 0.417. The van der Waals surface area contributed by atoms with Crippen molar-refractivity contribution in [3.05, 3.63) is 34.9 Å². The van der Waals surface area contributed by atoms with Crippen LogP contribution in [-0.2, 0) is 0 Å². The molecular formula is C17H27ClN2. The van der Waals surface area contributed by atoms with Gasteiger partial charge >= 0.3 is 0 Å². The first-order chi connectivity index (χ1) is 9.65. The van der Waals surface area contributed by atoms with Crippen molar-refractivity contribution < 1.29 is 0 Å². The van der Waals surface area contributed by atoms with Crippen molar-refractivity contribution in [3.8, 4) is 0 Å². The molecule has 3 heteroatoms. The summed E-state index contributed by atoms with van der Waals surface area (Å²) in [7, 11) is 0. The van der Waals surface area contributed by atoms with E-state index in [4.69, 9.17) is 17.3 Å². The molecule has 1 saturated carbocycles. The molecule has 0 aliphatic heterocycles. The van der Waals surface area contributed by atoms with Crippen molar-refractivity contribution >= 4 is 11.6 Å². The number of hydrogen-bond donors (Lipinski definition) is 1. The molecule has 1 fully saturated rings. The molecule has 2 nitrogen and oxygen atoms in total. The van der Waals surface area contributed by atoms with Gasteiger partial charge in [0.2, 0.25) is 0 Å². The van der Waals surface area contributed by atoms with Crippen LogP contribution in [0.5, 0.6) is 0 Å². The summed E-state index contributed by atoms with van der Waals surface area (Å²) in [4.78, 5) is 2.66. The van der Waals surface area contributed by atoms with Crippen LogP contribution < -0.4 is 5.73 Å². The molecule has 1 aromatic carbocycles. The van der Waals surface area contributed by atoms with Crippen LogP contribution in [-0.4, -0.2) is 23.5 Å². The molecular weight excluding hydrogens is 268 g/mol. The Labute approximate surface area is 128 Å². The van der Waals surface area contributed by atoms with Gasteiger partial charge in [0, 0.05) is 23.1 Å². The Kier molecular flexibility index (Phi) is 5.88. The second-order valence-electron chi connectivity index (χ2n) is 5.87. The number of nitrogens with two attached hydrogens (primary N) is 1. The number of nitrogens with zero attached hydrogens (tertiary/aromatic N) is 1. The van der Waals surface area contributed by atoms with Gasteiger partial charge in [-0.15, -0.1) is 0 Å². The van der Waals surface area contributed by atoms with Crippen LogP contribution in [0.2, 0.25) is 5.02 Å². The molecule has 1 unspecified atom stereocenters. The third kappa shape index (κ3) is 3.75. The van der Waals surface area contributed by atoms with Gasteiger partial charge in [0.05, 0.1) is 0 Å². The first kappa shape index (κ1) is 15.8. The van der Waals surface area contributed by atoms with Crippen molar-refractivity contribution in [1.29, 1.82) is 0 Å². The number of hydrogen-bond acceptors (Lipinski definition) is 2. The largest absolute Gasteiger partial charge is 0.328 e. The highest BCUT2D eigenvalue weighted by Gasteiger charge is 2.28. The van der Waals surface area contributed by atoms with Crippen LogP contribution in [0.4, 0.5) is 0 Å². The molecule has 2 N–H and O–H groups in total. The van der Waals surface area contributed by atoms with Gasteiger partial charge in [-0.05, 0) is 56.3 Å². The van der Waals surface area contributed by atoms with Gasteiger partial charge in [-0.2, -0.15) is 0 Å². The van der Waals surface area contributed by atoms with E-state index in [-0.39, 0.29) is 0 Å². The van der Waals surface area contributed by atoms with E-state index in [1.807, 2.05) is 12.1 Å². The molecule has 20 heavy (non-hydrogen) atoms. The maximum Gasteiger partial charge on any atom is 0.0406 e. The normalized spacial score (nSPS) is 24.9. The number of benzene rings is 1. The molecule has 0 spiro atoms. The molecule has 1 aromatic rings. The Morgan fingerprint density at radius 2 is 1.75 bits per heavy atom. The SMILES string of the molecule is CCC(c1ccc(Cl)cc1)N(CC)C1CCC(N)CC1. The maximum absolute atomic E-state index is 6.04. The molecule has 1 aliphatic carbocycles. The lowest BCUT2D eigenvalue weighted by Crippen LogP contribution is -2.42. The maximum atomic E-state index is 6.04. The van der Waals surface area contributed by atoms with E-state index in [0.29, 0.717) is 18.1 Å². The zero-order valence-corrected chi connectivity index (χ0v) is 13.4. The minimum atomic E-state index is 0.417. The van der Waals surface area contributed by atoms with Gasteiger partial charge in [0.1, 0.15) is 0 Å². The van der Waals surface area contributed by atoms with Gasteiger partial charge in [0.25, 0.3) is 0 Å². The summed E-state index contributed by atoms with van der Waals surface area (Å²) in [5.74, 6) is 0. The van der Waals surface area contributed by atoms with Crippen LogP contribution in [0.25, 0.3) is 0 Å². The average molecular weight is 295 g/mol. The summed E-state index contributed by atoms with van der Waals surface area (Å²) >= 11 is 6.01. The highest BCUT2D eigenvalue weighted by Crippen LogP contribution is 2.32. The quantitative estimate of drug-likeness (QED) is 0.873. The van der Waals surface area contributed by atoms with E-state index in [1.54, 1.807) is 0 Å². The van der Waals surface area contributed by atoms with Crippen LogP contribution in [0.15, 0.2) is 24.3 Å². The van der Waals surface area contributed by atoms with Crippen LogP contribution >= 0.6 is 11.6 Å². The van der Waals surface area contributed by atoms with Gasteiger partial charge in [0.15, 0.2) is 0 Å². The first-order valence-corrected chi connectivity index (χ1v) is 8.30. The lowest BCUT2D eigenvalue weighted by molar-refractivity contribution is 0.103. The zero-order valence-electron chi connectivity index (χ0n) is 12.7. The highest BCUT2D eigenvalue weighted by molar-refractivity contribution is 6.30. The second-order valence-corrected chi connectivity index (χ2v) is 6.31. The van der Waals surface area contributed by atoms with E-state index >= 15 is 0 Å². The standard InChI is InChI=1S/C17H27ClN2/c1-3-17(13-5-7-14(18)8-6-13)20(4-2)16-11-9-15(19)10-12-16/h5-8,15-17H,3-4,9-12,19H2,1-2H3. The van der Waals surface area contributed by atoms with Gasteiger partial charge in [-0.3, -0.25) is 4.90 Å². The van der Waals surface area contributed by atoms with E-state index < -0.39 is 0 Å². The Morgan fingerprint density at radius 3 is 2.25 bits per heavy atom. The van der Waals surface area contributed by atoms with E-state index in [9.17, 15) is 0 Å². The number of halogens is 1. The molecule has 0 radical (unpaired) electrons. The Balaban J connectivity index is 2.12. The van der Waals surface area contributed by atoms with Crippen molar-refractivity contribution in [1.82, 2.24) is 4.90 Å². The van der Waals surface area contributed by atoms with Gasteiger partial charge in [-0.25, -0.2) is 0 Å². The first-order valence-electron chi connectivity index (χ1n) is 7.92. The summed E-state index contributed by atoms with van der Waals surface area (Å²) in [6.45, 7) is 5.64.